The molecule has 15 heavy (non-hydrogen) atoms. The van der Waals surface area contributed by atoms with Crippen molar-refractivity contribution < 1.29 is 4.43 Å². The number of hydrogen-bond donors (Lipinski definition) is 1. The van der Waals surface area contributed by atoms with Crippen LogP contribution in [0.3, 0.4) is 0 Å². The molecule has 1 saturated carbocycles. The van der Waals surface area contributed by atoms with E-state index in [0.29, 0.717) is 17.2 Å². The van der Waals surface area contributed by atoms with Gasteiger partial charge in [-0.2, -0.15) is 0 Å². The molecular weight excluding hydrogens is 202 g/mol. The topological polar surface area (TPSA) is 35.2 Å². The maximum absolute atomic E-state index is 6.37. The van der Waals surface area contributed by atoms with Gasteiger partial charge < -0.3 is 10.2 Å². The third kappa shape index (κ3) is 3.57. The fraction of sp³-hybridized carbons (Fsp3) is 1.00. The summed E-state index contributed by atoms with van der Waals surface area (Å²) in [6, 6.07) is 0.369. The zero-order valence-corrected chi connectivity index (χ0v) is 12.0. The van der Waals surface area contributed by atoms with Crippen LogP contribution in [0.25, 0.3) is 0 Å². The molecule has 0 amide bonds. The fourth-order valence-electron chi connectivity index (χ4n) is 1.88. The Morgan fingerprint density at radius 2 is 1.80 bits per heavy atom. The van der Waals surface area contributed by atoms with E-state index in [9.17, 15) is 0 Å². The van der Waals surface area contributed by atoms with Crippen LogP contribution in [-0.2, 0) is 4.43 Å². The molecule has 1 fully saturated rings. The lowest BCUT2D eigenvalue weighted by Gasteiger charge is -2.41. The van der Waals surface area contributed by atoms with E-state index in [1.54, 1.807) is 0 Å². The van der Waals surface area contributed by atoms with Crippen LogP contribution in [0.2, 0.25) is 18.1 Å². The molecule has 2 atom stereocenters. The quantitative estimate of drug-likeness (QED) is 0.738. The Morgan fingerprint density at radius 3 is 2.27 bits per heavy atom. The zero-order valence-electron chi connectivity index (χ0n) is 11.0. The number of nitrogens with two attached hydrogens (primary N) is 1. The van der Waals surface area contributed by atoms with Gasteiger partial charge in [0.25, 0.3) is 0 Å². The molecule has 0 radical (unpaired) electrons. The molecule has 3 heteroatoms. The molecule has 0 spiro atoms. The van der Waals surface area contributed by atoms with E-state index in [0.717, 1.165) is 6.42 Å². The second-order valence-electron chi connectivity index (χ2n) is 6.43. The van der Waals surface area contributed by atoms with Gasteiger partial charge in [-0.3, -0.25) is 0 Å². The summed E-state index contributed by atoms with van der Waals surface area (Å²) in [6.07, 6.45) is 5.11. The maximum atomic E-state index is 6.37. The summed E-state index contributed by atoms with van der Waals surface area (Å²) in [6.45, 7) is 11.5. The van der Waals surface area contributed by atoms with Gasteiger partial charge in [0.1, 0.15) is 0 Å². The van der Waals surface area contributed by atoms with E-state index in [4.69, 9.17) is 10.2 Å². The van der Waals surface area contributed by atoms with Crippen LogP contribution in [0.5, 0.6) is 0 Å². The first-order valence-electron chi connectivity index (χ1n) is 6.16. The first kappa shape index (κ1) is 13.2. The van der Waals surface area contributed by atoms with Crippen molar-refractivity contribution in [3.8, 4) is 0 Å². The van der Waals surface area contributed by atoms with Crippen molar-refractivity contribution in [2.45, 2.75) is 76.7 Å². The molecule has 2 N–H and O–H groups in total. The molecule has 0 bridgehead atoms. The van der Waals surface area contributed by atoms with Gasteiger partial charge in [0.05, 0.1) is 0 Å². The summed E-state index contributed by atoms with van der Waals surface area (Å²) in [5.41, 5.74) is 5.99. The summed E-state index contributed by atoms with van der Waals surface area (Å²) in [7, 11) is -1.58. The van der Waals surface area contributed by atoms with Gasteiger partial charge in [-0.05, 0) is 43.8 Å². The smallest absolute Gasteiger partial charge is 0.192 e. The fourth-order valence-corrected chi connectivity index (χ4v) is 3.28. The molecule has 0 saturated heterocycles. The van der Waals surface area contributed by atoms with Crippen molar-refractivity contribution in [2.75, 3.05) is 0 Å². The standard InChI is InChI=1S/C12H27NOSi/c1-12(2,3)15(4,5)14-11-8-6-7-10(13)9-11/h10-11H,6-9,13H2,1-5H3/t10-,11-/m0/s1. The molecular formula is C12H27NOSi. The lowest BCUT2D eigenvalue weighted by atomic mass is 9.94. The van der Waals surface area contributed by atoms with Crippen molar-refractivity contribution in [2.24, 2.45) is 5.73 Å². The summed E-state index contributed by atoms with van der Waals surface area (Å²) >= 11 is 0. The largest absolute Gasteiger partial charge is 0.414 e. The average molecular weight is 229 g/mol. The van der Waals surface area contributed by atoms with Crippen molar-refractivity contribution >= 4 is 8.32 Å². The van der Waals surface area contributed by atoms with Crippen LogP contribution < -0.4 is 5.73 Å². The van der Waals surface area contributed by atoms with Gasteiger partial charge in [0.2, 0.25) is 0 Å². The van der Waals surface area contributed by atoms with Gasteiger partial charge in [-0.1, -0.05) is 20.8 Å². The SMILES string of the molecule is CC(C)(C)[Si](C)(C)O[C@H]1CCC[C@H](N)C1. The summed E-state index contributed by atoms with van der Waals surface area (Å²) in [5, 5.41) is 0.314. The molecule has 90 valence electrons. The maximum Gasteiger partial charge on any atom is 0.192 e. The summed E-state index contributed by atoms with van der Waals surface area (Å²) < 4.78 is 6.37. The minimum absolute atomic E-state index is 0.314. The van der Waals surface area contributed by atoms with Crippen LogP contribution in [0.15, 0.2) is 0 Å². The predicted octanol–water partition coefficient (Wildman–Crippen LogP) is 3.28. The van der Waals surface area contributed by atoms with E-state index in [1.807, 2.05) is 0 Å². The number of rotatable bonds is 2. The first-order valence-corrected chi connectivity index (χ1v) is 9.06. The molecule has 0 aromatic heterocycles. The van der Waals surface area contributed by atoms with Crippen LogP contribution in [0, 0.1) is 0 Å². The molecule has 1 rings (SSSR count). The van der Waals surface area contributed by atoms with Crippen molar-refractivity contribution in [3.63, 3.8) is 0 Å². The third-order valence-corrected chi connectivity index (χ3v) is 8.47. The second-order valence-corrected chi connectivity index (χ2v) is 11.2. The minimum atomic E-state index is -1.58. The highest BCUT2D eigenvalue weighted by Gasteiger charge is 2.39. The van der Waals surface area contributed by atoms with Crippen LogP contribution >= 0.6 is 0 Å². The Labute approximate surface area is 95.7 Å². The normalized spacial score (nSPS) is 29.2. The molecule has 0 aromatic rings. The molecule has 0 heterocycles. The van der Waals surface area contributed by atoms with E-state index in [-0.39, 0.29) is 0 Å². The van der Waals surface area contributed by atoms with Crippen molar-refractivity contribution in [1.29, 1.82) is 0 Å². The Morgan fingerprint density at radius 1 is 1.20 bits per heavy atom. The van der Waals surface area contributed by atoms with E-state index in [1.165, 1.54) is 19.3 Å². The third-order valence-electron chi connectivity index (χ3n) is 3.93. The Balaban J connectivity index is 2.53. The molecule has 0 aliphatic heterocycles. The second kappa shape index (κ2) is 4.56. The highest BCUT2D eigenvalue weighted by Crippen LogP contribution is 2.38. The van der Waals surface area contributed by atoms with Gasteiger partial charge in [0.15, 0.2) is 8.32 Å². The lowest BCUT2D eigenvalue weighted by Crippen LogP contribution is -2.46. The highest BCUT2D eigenvalue weighted by molar-refractivity contribution is 6.74. The summed E-state index contributed by atoms with van der Waals surface area (Å²) in [4.78, 5) is 0. The molecule has 1 aliphatic carbocycles. The highest BCUT2D eigenvalue weighted by atomic mass is 28.4. The van der Waals surface area contributed by atoms with Crippen LogP contribution in [0.4, 0.5) is 0 Å². The Bertz CT molecular complexity index is 210. The molecule has 0 aromatic carbocycles. The average Bonchev–Trinajstić information content (AvgIpc) is 2.00. The number of hydrogen-bond acceptors (Lipinski definition) is 2. The molecule has 1 aliphatic rings. The van der Waals surface area contributed by atoms with Gasteiger partial charge >= 0.3 is 0 Å². The Hall–Kier alpha value is 0.137. The first-order chi connectivity index (χ1) is 6.72. The lowest BCUT2D eigenvalue weighted by molar-refractivity contribution is 0.128. The van der Waals surface area contributed by atoms with Gasteiger partial charge in [-0.15, -0.1) is 0 Å². The van der Waals surface area contributed by atoms with E-state index >= 15 is 0 Å². The van der Waals surface area contributed by atoms with Crippen LogP contribution in [0.1, 0.15) is 46.5 Å². The van der Waals surface area contributed by atoms with Gasteiger partial charge in [-0.25, -0.2) is 0 Å². The Kier molecular flexibility index (Phi) is 4.01. The monoisotopic (exact) mass is 229 g/mol. The summed E-state index contributed by atoms with van der Waals surface area (Å²) in [5.74, 6) is 0. The van der Waals surface area contributed by atoms with E-state index < -0.39 is 8.32 Å². The van der Waals surface area contributed by atoms with Crippen molar-refractivity contribution in [3.05, 3.63) is 0 Å². The van der Waals surface area contributed by atoms with Gasteiger partial charge in [0, 0.05) is 12.1 Å². The minimum Gasteiger partial charge on any atom is -0.414 e. The predicted molar refractivity (Wildman–Crippen MR) is 68.5 cm³/mol. The molecule has 2 nitrogen and oxygen atoms in total. The molecule has 0 unspecified atom stereocenters. The van der Waals surface area contributed by atoms with Crippen molar-refractivity contribution in [1.82, 2.24) is 0 Å². The zero-order chi connectivity index (χ0) is 11.7. The van der Waals surface area contributed by atoms with Crippen LogP contribution in [-0.4, -0.2) is 20.5 Å². The van der Waals surface area contributed by atoms with E-state index in [2.05, 4.69) is 33.9 Å².